The Hall–Kier alpha value is -3.97. The van der Waals surface area contributed by atoms with E-state index in [1.165, 1.54) is 19.0 Å². The van der Waals surface area contributed by atoms with Crippen LogP contribution in [0.2, 0.25) is 0 Å². The first-order valence-corrected chi connectivity index (χ1v) is 11.6. The Bertz CT molecular complexity index is 1330. The van der Waals surface area contributed by atoms with Crippen molar-refractivity contribution in [2.45, 2.75) is 44.4 Å². The molecule has 4 atom stereocenters. The molecule has 1 aromatic rings. The van der Waals surface area contributed by atoms with Crippen LogP contribution in [0.5, 0.6) is 5.75 Å². The molecule has 0 saturated carbocycles. The van der Waals surface area contributed by atoms with E-state index in [0.717, 1.165) is 6.07 Å². The smallest absolute Gasteiger partial charge is 0.313 e. The molecule has 0 saturated heterocycles. The summed E-state index contributed by atoms with van der Waals surface area (Å²) in [5.74, 6) is -8.19. The number of nitrogens with two attached hydrogens (primary N) is 1. The number of carbonyl (C=O) groups excluding carboxylic acids is 3. The maximum Gasteiger partial charge on any atom is 0.313 e. The average molecular weight is 517 g/mol. The van der Waals surface area contributed by atoms with Crippen LogP contribution >= 0.6 is 0 Å². The first-order chi connectivity index (χ1) is 17.1. The van der Waals surface area contributed by atoms with Gasteiger partial charge in [0.2, 0.25) is 11.5 Å². The van der Waals surface area contributed by atoms with Gasteiger partial charge in [-0.25, -0.2) is 0 Å². The van der Waals surface area contributed by atoms with Crippen LogP contribution < -0.4 is 11.1 Å². The molecule has 198 valence electrons. The van der Waals surface area contributed by atoms with Gasteiger partial charge in [0.05, 0.1) is 16.5 Å². The molecule has 1 amide bonds. The number of aromatic hydroxyl groups is 1. The monoisotopic (exact) mass is 516 g/mol. The lowest BCUT2D eigenvalue weighted by molar-refractivity contribution is -0.385. The largest absolute Gasteiger partial charge is 0.510 e. The normalized spacial score (nSPS) is 27.3. The van der Waals surface area contributed by atoms with E-state index in [9.17, 15) is 44.9 Å². The van der Waals surface area contributed by atoms with Crippen LogP contribution in [-0.2, 0) is 16.0 Å². The van der Waals surface area contributed by atoms with Gasteiger partial charge in [0.1, 0.15) is 17.1 Å². The summed E-state index contributed by atoms with van der Waals surface area (Å²) in [5, 5.41) is 59.0. The Morgan fingerprint density at radius 3 is 2.41 bits per heavy atom. The van der Waals surface area contributed by atoms with Crippen LogP contribution in [0.4, 0.5) is 11.4 Å². The number of amides is 1. The topological polar surface area (TPSA) is 217 Å². The van der Waals surface area contributed by atoms with Crippen LogP contribution in [0.3, 0.4) is 0 Å². The minimum atomic E-state index is -2.78. The van der Waals surface area contributed by atoms with E-state index in [1.807, 2.05) is 0 Å². The van der Waals surface area contributed by atoms with E-state index in [-0.39, 0.29) is 30.1 Å². The lowest BCUT2D eigenvalue weighted by Crippen LogP contribution is -2.63. The molecule has 0 fully saturated rings. The van der Waals surface area contributed by atoms with E-state index in [4.69, 9.17) is 5.73 Å². The van der Waals surface area contributed by atoms with Gasteiger partial charge in [0, 0.05) is 29.3 Å². The number of aliphatic hydroxyl groups is 3. The first-order valence-electron chi connectivity index (χ1n) is 11.6. The number of nitro benzene ring substituents is 1. The van der Waals surface area contributed by atoms with Crippen LogP contribution in [0.1, 0.15) is 36.2 Å². The van der Waals surface area contributed by atoms with E-state index in [1.54, 1.807) is 13.8 Å². The Morgan fingerprint density at radius 1 is 1.27 bits per heavy atom. The number of hydrogen-bond donors (Lipinski definition) is 6. The van der Waals surface area contributed by atoms with Gasteiger partial charge in [-0.3, -0.25) is 29.4 Å². The summed E-state index contributed by atoms with van der Waals surface area (Å²) in [6, 6.07) is -0.159. The number of anilines is 1. The van der Waals surface area contributed by atoms with Crippen LogP contribution in [-0.4, -0.2) is 79.5 Å². The van der Waals surface area contributed by atoms with Crippen molar-refractivity contribution in [3.05, 3.63) is 50.0 Å². The first kappa shape index (κ1) is 26.1. The number of phenols is 1. The van der Waals surface area contributed by atoms with Crippen molar-refractivity contribution in [3.63, 3.8) is 0 Å². The number of hydrogen-bond acceptors (Lipinski definition) is 11. The number of phenolic OH excluding ortho intramolecular Hbond substituents is 1. The summed E-state index contributed by atoms with van der Waals surface area (Å²) in [5.41, 5.74) is 0.630. The third kappa shape index (κ3) is 3.56. The van der Waals surface area contributed by atoms with Crippen molar-refractivity contribution in [1.29, 1.82) is 0 Å². The minimum Gasteiger partial charge on any atom is -0.510 e. The minimum absolute atomic E-state index is 0.0230. The fourth-order valence-electron chi connectivity index (χ4n) is 5.88. The second-order valence-electron chi connectivity index (χ2n) is 10.2. The number of nitrogens with zero attached hydrogens (tertiary/aromatic N) is 2. The zero-order valence-electron chi connectivity index (χ0n) is 20.6. The van der Waals surface area contributed by atoms with Crippen molar-refractivity contribution >= 4 is 28.8 Å². The van der Waals surface area contributed by atoms with Gasteiger partial charge >= 0.3 is 5.69 Å². The number of nitrogens with one attached hydrogen (secondary N) is 1. The van der Waals surface area contributed by atoms with E-state index < -0.39 is 85.5 Å². The van der Waals surface area contributed by atoms with Crippen molar-refractivity contribution in [2.24, 2.45) is 17.6 Å². The molecule has 0 heterocycles. The van der Waals surface area contributed by atoms with Gasteiger partial charge in [-0.2, -0.15) is 0 Å². The summed E-state index contributed by atoms with van der Waals surface area (Å²) in [6.07, 6.45) is -0.0558. The summed E-state index contributed by atoms with van der Waals surface area (Å²) >= 11 is 0. The third-order valence-corrected chi connectivity index (χ3v) is 7.34. The highest BCUT2D eigenvalue weighted by Crippen LogP contribution is 2.53. The number of benzene rings is 1. The molecule has 0 bridgehead atoms. The molecule has 13 heteroatoms. The average Bonchev–Trinajstić information content (AvgIpc) is 2.77. The summed E-state index contributed by atoms with van der Waals surface area (Å²) in [7, 11) is 3.07. The Morgan fingerprint density at radius 2 is 1.89 bits per heavy atom. The van der Waals surface area contributed by atoms with Crippen molar-refractivity contribution in [2.75, 3.05) is 19.4 Å². The van der Waals surface area contributed by atoms with Gasteiger partial charge < -0.3 is 31.5 Å². The molecule has 3 aliphatic carbocycles. The van der Waals surface area contributed by atoms with Gasteiger partial charge in [0.15, 0.2) is 11.4 Å². The summed E-state index contributed by atoms with van der Waals surface area (Å²) in [4.78, 5) is 51.2. The highest BCUT2D eigenvalue weighted by Gasteiger charge is 2.63. The number of nitro groups is 1. The van der Waals surface area contributed by atoms with E-state index >= 15 is 0 Å². The van der Waals surface area contributed by atoms with Crippen LogP contribution in [0.15, 0.2) is 28.7 Å². The van der Waals surface area contributed by atoms with Crippen molar-refractivity contribution in [3.8, 4) is 5.75 Å². The molecule has 0 radical (unpaired) electrons. The Kier molecular flexibility index (Phi) is 6.04. The molecule has 4 rings (SSSR count). The predicted molar refractivity (Wildman–Crippen MR) is 129 cm³/mol. The fraction of sp³-hybridized carbons (Fsp3) is 0.458. The molecule has 13 nitrogen and oxygen atoms in total. The lowest BCUT2D eigenvalue weighted by atomic mass is 9.58. The molecule has 3 aliphatic rings. The lowest BCUT2D eigenvalue weighted by Gasteiger charge is -2.50. The van der Waals surface area contributed by atoms with Gasteiger partial charge in [-0.15, -0.1) is 0 Å². The number of fused-ring (bicyclic) bond motifs is 3. The molecule has 0 aliphatic heterocycles. The SMILES string of the molecule is CC(C)Nc1cc([N+](=O)[O-])c(O)c2c1CC1CC3[C@H](N(C)C)C(O)=C(C(N)=O)C(=O)[C@@]3(O)C(O)=C1C2=O. The second-order valence-corrected chi connectivity index (χ2v) is 10.2. The maximum absolute atomic E-state index is 13.7. The Labute approximate surface area is 211 Å². The van der Waals surface area contributed by atoms with Gasteiger partial charge in [-0.05, 0) is 52.3 Å². The standard InChI is InChI=1S/C24H28N4O9/c1-8(2)26-12-7-13(28(36)37)18(29)15-10(12)5-9-6-11-17(27(3)4)20(31)16(23(25)34)22(33)24(11,35)21(32)14(9)19(15)30/h7-9,11,17,26,29,31-32,35H,5-6H2,1-4H3,(H2,25,34)/t9?,11?,17-,24-/m0/s1. The highest BCUT2D eigenvalue weighted by atomic mass is 16.6. The molecular weight excluding hydrogens is 488 g/mol. The molecular formula is C24H28N4O9. The van der Waals surface area contributed by atoms with E-state index in [0.29, 0.717) is 0 Å². The van der Waals surface area contributed by atoms with Crippen molar-refractivity contribution < 1.29 is 39.7 Å². The summed E-state index contributed by atoms with van der Waals surface area (Å²) in [6.45, 7) is 3.57. The quantitative estimate of drug-likeness (QED) is 0.139. The number of allylic oxidation sites excluding steroid dienone is 1. The number of Topliss-reactive ketones (excluding diaryl/α,β-unsaturated/α-hetero) is 2. The van der Waals surface area contributed by atoms with E-state index in [2.05, 4.69) is 5.32 Å². The number of aliphatic hydroxyl groups excluding tert-OH is 2. The van der Waals surface area contributed by atoms with Gasteiger partial charge in [-0.1, -0.05) is 0 Å². The highest BCUT2D eigenvalue weighted by molar-refractivity contribution is 6.25. The van der Waals surface area contributed by atoms with Crippen LogP contribution in [0.25, 0.3) is 0 Å². The zero-order chi connectivity index (χ0) is 27.7. The number of likely N-dealkylation sites (N-methyl/N-ethyl adjacent to an activating group) is 1. The third-order valence-electron chi connectivity index (χ3n) is 7.34. The predicted octanol–water partition coefficient (Wildman–Crippen LogP) is 0.849. The van der Waals surface area contributed by atoms with Gasteiger partial charge in [0.25, 0.3) is 5.91 Å². The van der Waals surface area contributed by atoms with Crippen LogP contribution in [0, 0.1) is 22.0 Å². The Balaban J connectivity index is 1.99. The number of ketones is 2. The number of carbonyl (C=O) groups is 3. The number of primary amides is 1. The maximum atomic E-state index is 13.7. The molecule has 7 N–H and O–H groups in total. The second kappa shape index (κ2) is 8.56. The number of rotatable bonds is 5. The molecule has 1 aromatic carbocycles. The molecule has 0 spiro atoms. The molecule has 0 aromatic heterocycles. The van der Waals surface area contributed by atoms with Crippen molar-refractivity contribution in [1.82, 2.24) is 4.90 Å². The molecule has 37 heavy (non-hydrogen) atoms. The fourth-order valence-corrected chi connectivity index (χ4v) is 5.88. The summed E-state index contributed by atoms with van der Waals surface area (Å²) < 4.78 is 0. The zero-order valence-corrected chi connectivity index (χ0v) is 20.6. The molecule has 2 unspecified atom stereocenters.